The van der Waals surface area contributed by atoms with Crippen molar-refractivity contribution >= 4 is 23.9 Å². The van der Waals surface area contributed by atoms with Gasteiger partial charge in [0, 0.05) is 23.8 Å². The number of carboxylic acids is 4. The van der Waals surface area contributed by atoms with Crippen LogP contribution in [0, 0.1) is 35.5 Å². The molecule has 4 aliphatic rings. The molecule has 0 saturated heterocycles. The van der Waals surface area contributed by atoms with E-state index in [2.05, 4.69) is 13.2 Å². The van der Waals surface area contributed by atoms with Gasteiger partial charge in [-0.3, -0.25) is 0 Å². The third-order valence-corrected chi connectivity index (χ3v) is 6.42. The fourth-order valence-electron chi connectivity index (χ4n) is 5.07. The molecule has 0 N–H and O–H groups in total. The van der Waals surface area contributed by atoms with Crippen molar-refractivity contribution < 1.29 is 65.8 Å². The van der Waals surface area contributed by atoms with Gasteiger partial charge in [-0.15, -0.1) is 0 Å². The molecule has 0 spiro atoms. The first kappa shape index (κ1) is 29.2. The molecule has 0 heterocycles. The smallest absolute Gasteiger partial charge is 0.550 e. The third-order valence-electron chi connectivity index (χ3n) is 6.42. The Labute approximate surface area is 201 Å². The van der Waals surface area contributed by atoms with Crippen LogP contribution in [0.15, 0.2) is 25.3 Å². The Bertz CT molecular complexity index is 606. The molecule has 0 aromatic heterocycles. The monoisotopic (exact) mass is 510 g/mol. The summed E-state index contributed by atoms with van der Waals surface area (Å²) in [5, 5.41) is 39.2. The Morgan fingerprint density at radius 1 is 0.613 bits per heavy atom. The quantitative estimate of drug-likeness (QED) is 0.399. The molecular weight excluding hydrogens is 483 g/mol. The minimum atomic E-state index is -1.23. The van der Waals surface area contributed by atoms with Gasteiger partial charge in [0.25, 0.3) is 0 Å². The second kappa shape index (κ2) is 14.3. The zero-order valence-electron chi connectivity index (χ0n) is 17.5. The first-order valence-corrected chi connectivity index (χ1v) is 10.2. The summed E-state index contributed by atoms with van der Waals surface area (Å²) in [6, 6.07) is 0. The number of aliphatic carboxylic acids is 4. The molecule has 4 aliphatic carbocycles. The van der Waals surface area contributed by atoms with Crippen molar-refractivity contribution in [1.29, 1.82) is 0 Å². The minimum Gasteiger partial charge on any atom is -0.550 e. The molecule has 8 nitrogen and oxygen atoms in total. The second-order valence-corrected chi connectivity index (χ2v) is 8.25. The van der Waals surface area contributed by atoms with Crippen molar-refractivity contribution in [3.05, 3.63) is 25.3 Å². The Kier molecular flexibility index (Phi) is 13.5. The average molecular weight is 512 g/mol. The molecule has 0 radical (unpaired) electrons. The Morgan fingerprint density at radius 2 is 0.903 bits per heavy atom. The van der Waals surface area contributed by atoms with Gasteiger partial charge in [-0.2, -0.15) is 0 Å². The molecule has 0 aliphatic heterocycles. The Hall–Kier alpha value is -1.76. The van der Waals surface area contributed by atoms with Crippen molar-refractivity contribution in [3.8, 4) is 0 Å². The number of carbonyl (C=O) groups is 4. The predicted octanol–water partition coefficient (Wildman–Crippen LogP) is -1.81. The van der Waals surface area contributed by atoms with Gasteiger partial charge in [0.2, 0.25) is 0 Å². The fraction of sp³-hybridized carbons (Fsp3) is 0.636. The maximum Gasteiger partial charge on any atom is 4.00 e. The SMILES string of the molecule is C=CC(=O)[O-].C=CC(=O)[O-].O=C([O-])C1CC2CCC1C2.O=C([O-])C1CC2CCC1C2.[Zr+4]. The van der Waals surface area contributed by atoms with Gasteiger partial charge in [0.1, 0.15) is 0 Å². The molecule has 4 fully saturated rings. The van der Waals surface area contributed by atoms with Crippen molar-refractivity contribution in [3.63, 3.8) is 0 Å². The number of carboxylic acid groups (broad SMARTS) is 4. The van der Waals surface area contributed by atoms with Gasteiger partial charge < -0.3 is 39.6 Å². The van der Waals surface area contributed by atoms with Crippen LogP contribution in [0.5, 0.6) is 0 Å². The zero-order chi connectivity index (χ0) is 22.8. The molecule has 4 bridgehead atoms. The van der Waals surface area contributed by atoms with Crippen LogP contribution in [0.25, 0.3) is 0 Å². The van der Waals surface area contributed by atoms with Crippen LogP contribution in [0.4, 0.5) is 0 Å². The van der Waals surface area contributed by atoms with Gasteiger partial charge in [0.05, 0.1) is 11.9 Å². The normalized spacial score (nSPS) is 30.6. The molecule has 0 aromatic rings. The van der Waals surface area contributed by atoms with Gasteiger partial charge in [-0.05, 0) is 74.3 Å². The average Bonchev–Trinajstić information content (AvgIpc) is 3.50. The van der Waals surface area contributed by atoms with Crippen LogP contribution >= 0.6 is 0 Å². The molecule has 4 saturated carbocycles. The van der Waals surface area contributed by atoms with Gasteiger partial charge in [0.15, 0.2) is 0 Å². The fourth-order valence-corrected chi connectivity index (χ4v) is 5.07. The first-order chi connectivity index (χ1) is 14.1. The molecule has 168 valence electrons. The van der Waals surface area contributed by atoms with Gasteiger partial charge in [-0.25, -0.2) is 0 Å². The standard InChI is InChI=1S/2C8H12O2.2C3H4O2.Zr/c2*9-8(10)7-4-5-1-2-6(7)3-5;2*1-2-3(4)5;/h2*5-7H,1-4H2,(H,9,10);2*2H,1H2,(H,4,5);/q;;;;+4/p-4. The Balaban J connectivity index is 0.000000407. The van der Waals surface area contributed by atoms with Gasteiger partial charge in [-0.1, -0.05) is 26.0 Å². The number of rotatable bonds is 4. The van der Waals surface area contributed by atoms with E-state index in [1.54, 1.807) is 0 Å². The van der Waals surface area contributed by atoms with E-state index < -0.39 is 23.9 Å². The van der Waals surface area contributed by atoms with E-state index in [-0.39, 0.29) is 38.0 Å². The van der Waals surface area contributed by atoms with Crippen molar-refractivity contribution in [1.82, 2.24) is 0 Å². The van der Waals surface area contributed by atoms with Crippen LogP contribution in [-0.2, 0) is 45.4 Å². The third kappa shape index (κ3) is 9.94. The van der Waals surface area contributed by atoms with E-state index in [9.17, 15) is 19.8 Å². The van der Waals surface area contributed by atoms with E-state index >= 15 is 0 Å². The predicted molar refractivity (Wildman–Crippen MR) is 98.3 cm³/mol. The summed E-state index contributed by atoms with van der Waals surface area (Å²) in [7, 11) is 0. The van der Waals surface area contributed by atoms with E-state index in [0.717, 1.165) is 50.7 Å². The van der Waals surface area contributed by atoms with E-state index in [1.807, 2.05) is 0 Å². The summed E-state index contributed by atoms with van der Waals surface area (Å²) in [5.41, 5.74) is 0. The summed E-state index contributed by atoms with van der Waals surface area (Å²) >= 11 is 0. The Morgan fingerprint density at radius 3 is 1.00 bits per heavy atom. The van der Waals surface area contributed by atoms with E-state index in [0.29, 0.717) is 23.7 Å². The zero-order valence-corrected chi connectivity index (χ0v) is 19.9. The molecule has 31 heavy (non-hydrogen) atoms. The van der Waals surface area contributed by atoms with E-state index in [1.165, 1.54) is 12.8 Å². The summed E-state index contributed by atoms with van der Waals surface area (Å²) < 4.78 is 0. The number of hydrogen-bond donors (Lipinski definition) is 0. The second-order valence-electron chi connectivity index (χ2n) is 8.25. The topological polar surface area (TPSA) is 161 Å². The number of hydrogen-bond acceptors (Lipinski definition) is 8. The number of carbonyl (C=O) groups excluding carboxylic acids is 4. The van der Waals surface area contributed by atoms with Crippen molar-refractivity contribution in [2.75, 3.05) is 0 Å². The molecule has 0 aromatic carbocycles. The molecule has 4 rings (SSSR count). The summed E-state index contributed by atoms with van der Waals surface area (Å²) in [5.74, 6) is -1.92. The van der Waals surface area contributed by atoms with Crippen LogP contribution in [0.3, 0.4) is 0 Å². The molecule has 9 heteroatoms. The molecule has 0 amide bonds. The van der Waals surface area contributed by atoms with Crippen molar-refractivity contribution in [2.24, 2.45) is 35.5 Å². The largest absolute Gasteiger partial charge is 4.00 e. The van der Waals surface area contributed by atoms with Gasteiger partial charge >= 0.3 is 26.2 Å². The maximum absolute atomic E-state index is 10.5. The first-order valence-electron chi connectivity index (χ1n) is 10.2. The van der Waals surface area contributed by atoms with Crippen LogP contribution in [0.2, 0.25) is 0 Å². The molecule has 6 unspecified atom stereocenters. The van der Waals surface area contributed by atoms with E-state index in [4.69, 9.17) is 19.8 Å². The summed E-state index contributed by atoms with van der Waals surface area (Å²) in [6.07, 6.45) is 10.3. The number of fused-ring (bicyclic) bond motifs is 4. The van der Waals surface area contributed by atoms with Crippen LogP contribution < -0.4 is 20.4 Å². The van der Waals surface area contributed by atoms with Crippen LogP contribution in [0.1, 0.15) is 51.4 Å². The molecular formula is C22H28O8Zr. The summed E-state index contributed by atoms with van der Waals surface area (Å²) in [4.78, 5) is 39.2. The van der Waals surface area contributed by atoms with Crippen molar-refractivity contribution in [2.45, 2.75) is 51.4 Å². The summed E-state index contributed by atoms with van der Waals surface area (Å²) in [6.45, 7) is 5.80. The van der Waals surface area contributed by atoms with Crippen LogP contribution in [-0.4, -0.2) is 23.9 Å². The maximum atomic E-state index is 10.5. The molecule has 6 atom stereocenters. The minimum absolute atomic E-state index is 0.